The molecule has 0 unspecified atom stereocenters. The summed E-state index contributed by atoms with van der Waals surface area (Å²) in [6, 6.07) is 0. The lowest BCUT2D eigenvalue weighted by atomic mass is 10.4. The molecule has 0 aliphatic heterocycles. The first-order valence-corrected chi connectivity index (χ1v) is 4.54. The van der Waals surface area contributed by atoms with Gasteiger partial charge in [0.2, 0.25) is 0 Å². The minimum absolute atomic E-state index is 0.0431. The average molecular weight is 213 g/mol. The van der Waals surface area contributed by atoms with Crippen LogP contribution in [-0.4, -0.2) is 32.0 Å². The molecule has 6 nitrogen and oxygen atoms in total. The van der Waals surface area contributed by atoms with E-state index in [1.165, 1.54) is 0 Å². The third-order valence-corrected chi connectivity index (χ3v) is 2.19. The Morgan fingerprint density at radius 2 is 2.43 bits per heavy atom. The van der Waals surface area contributed by atoms with Crippen LogP contribution in [0.5, 0.6) is 0 Å². The predicted octanol–water partition coefficient (Wildman–Crippen LogP) is -0.102. The van der Waals surface area contributed by atoms with Crippen molar-refractivity contribution in [3.63, 3.8) is 0 Å². The Balaban J connectivity index is 2.58. The molecule has 0 radical (unpaired) electrons. The SMILES string of the molecule is C=C(CSc1nncc(=O)[nH]1)C(=O)O. The van der Waals surface area contributed by atoms with Crippen LogP contribution >= 0.6 is 11.8 Å². The Morgan fingerprint density at radius 3 is 3.00 bits per heavy atom. The maximum Gasteiger partial charge on any atom is 0.331 e. The first-order valence-electron chi connectivity index (χ1n) is 3.55. The van der Waals surface area contributed by atoms with E-state index in [0.717, 1.165) is 18.0 Å². The molecular formula is C7H7N3O3S. The number of aliphatic carboxylic acids is 1. The van der Waals surface area contributed by atoms with Gasteiger partial charge in [-0.15, -0.1) is 5.10 Å². The molecule has 0 aliphatic carbocycles. The molecule has 0 aromatic carbocycles. The summed E-state index contributed by atoms with van der Waals surface area (Å²) in [5.41, 5.74) is -0.329. The van der Waals surface area contributed by atoms with Crippen LogP contribution in [0.1, 0.15) is 0 Å². The average Bonchev–Trinajstić information content (AvgIpc) is 2.14. The normalized spacial score (nSPS) is 9.71. The molecular weight excluding hydrogens is 206 g/mol. The molecule has 0 saturated carbocycles. The molecule has 0 aliphatic rings. The van der Waals surface area contributed by atoms with Gasteiger partial charge in [-0.3, -0.25) is 9.78 Å². The molecule has 1 rings (SSSR count). The number of aromatic nitrogens is 3. The van der Waals surface area contributed by atoms with Gasteiger partial charge in [-0.25, -0.2) is 4.79 Å². The van der Waals surface area contributed by atoms with Crippen molar-refractivity contribution >= 4 is 17.7 Å². The highest BCUT2D eigenvalue weighted by atomic mass is 32.2. The lowest BCUT2D eigenvalue weighted by Gasteiger charge is -1.98. The lowest BCUT2D eigenvalue weighted by Crippen LogP contribution is -2.09. The highest BCUT2D eigenvalue weighted by Gasteiger charge is 2.05. The molecule has 0 fully saturated rings. The number of aromatic amines is 1. The number of rotatable bonds is 4. The molecule has 2 N–H and O–H groups in total. The van der Waals surface area contributed by atoms with E-state index in [1.54, 1.807) is 0 Å². The van der Waals surface area contributed by atoms with Crippen LogP contribution in [0.25, 0.3) is 0 Å². The molecule has 1 aromatic heterocycles. The van der Waals surface area contributed by atoms with E-state index in [1.807, 2.05) is 0 Å². The molecule has 0 atom stereocenters. The number of carboxylic acid groups (broad SMARTS) is 1. The fourth-order valence-electron chi connectivity index (χ4n) is 0.579. The van der Waals surface area contributed by atoms with Crippen LogP contribution in [0.15, 0.2) is 28.3 Å². The minimum Gasteiger partial charge on any atom is -0.478 e. The Hall–Kier alpha value is -1.63. The minimum atomic E-state index is -1.07. The van der Waals surface area contributed by atoms with Gasteiger partial charge in [-0.1, -0.05) is 18.3 Å². The van der Waals surface area contributed by atoms with Gasteiger partial charge in [0.25, 0.3) is 5.56 Å². The van der Waals surface area contributed by atoms with Gasteiger partial charge < -0.3 is 5.11 Å². The maximum absolute atomic E-state index is 10.8. The zero-order valence-electron chi connectivity index (χ0n) is 7.06. The molecule has 14 heavy (non-hydrogen) atoms. The van der Waals surface area contributed by atoms with Gasteiger partial charge >= 0.3 is 5.97 Å². The van der Waals surface area contributed by atoms with Crippen LogP contribution in [0.4, 0.5) is 0 Å². The molecule has 74 valence electrons. The van der Waals surface area contributed by atoms with Gasteiger partial charge in [0.15, 0.2) is 5.16 Å². The van der Waals surface area contributed by atoms with Crippen molar-refractivity contribution < 1.29 is 9.90 Å². The van der Waals surface area contributed by atoms with Gasteiger partial charge in [0.1, 0.15) is 6.20 Å². The number of hydrogen-bond acceptors (Lipinski definition) is 5. The van der Waals surface area contributed by atoms with E-state index in [9.17, 15) is 9.59 Å². The fourth-order valence-corrected chi connectivity index (χ4v) is 1.29. The number of carboxylic acids is 1. The van der Waals surface area contributed by atoms with Gasteiger partial charge in [-0.2, -0.15) is 5.10 Å². The highest BCUT2D eigenvalue weighted by Crippen LogP contribution is 2.12. The summed E-state index contributed by atoms with van der Waals surface area (Å²) in [6.07, 6.45) is 1.04. The summed E-state index contributed by atoms with van der Waals surface area (Å²) in [5, 5.41) is 15.8. The second-order valence-corrected chi connectivity index (χ2v) is 3.30. The standard InChI is InChI=1S/C7H7N3O3S/c1-4(6(12)13)3-14-7-9-5(11)2-8-10-7/h2H,1,3H2,(H,12,13)(H,9,10,11). The number of thioether (sulfide) groups is 1. The molecule has 0 bridgehead atoms. The van der Waals surface area contributed by atoms with Crippen molar-refractivity contribution in [3.8, 4) is 0 Å². The molecule has 0 saturated heterocycles. The first kappa shape index (κ1) is 10.5. The van der Waals surface area contributed by atoms with Crippen LogP contribution in [0.2, 0.25) is 0 Å². The quantitative estimate of drug-likeness (QED) is 0.535. The van der Waals surface area contributed by atoms with Crippen molar-refractivity contribution in [2.24, 2.45) is 0 Å². The first-order chi connectivity index (χ1) is 6.59. The lowest BCUT2D eigenvalue weighted by molar-refractivity contribution is -0.132. The van der Waals surface area contributed by atoms with E-state index in [0.29, 0.717) is 0 Å². The predicted molar refractivity (Wildman–Crippen MR) is 50.2 cm³/mol. The Kier molecular flexibility index (Phi) is 3.41. The van der Waals surface area contributed by atoms with E-state index in [4.69, 9.17) is 5.11 Å². The van der Waals surface area contributed by atoms with Crippen molar-refractivity contribution in [1.82, 2.24) is 15.2 Å². The van der Waals surface area contributed by atoms with Crippen LogP contribution < -0.4 is 5.56 Å². The van der Waals surface area contributed by atoms with Crippen molar-refractivity contribution in [1.29, 1.82) is 0 Å². The summed E-state index contributed by atoms with van der Waals surface area (Å²) >= 11 is 1.06. The van der Waals surface area contributed by atoms with Crippen LogP contribution in [0, 0.1) is 0 Å². The summed E-state index contributed by atoms with van der Waals surface area (Å²) < 4.78 is 0. The van der Waals surface area contributed by atoms with Crippen molar-refractivity contribution in [2.75, 3.05) is 5.75 Å². The van der Waals surface area contributed by atoms with Gasteiger partial charge in [-0.05, 0) is 0 Å². The van der Waals surface area contributed by atoms with Crippen LogP contribution in [0.3, 0.4) is 0 Å². The van der Waals surface area contributed by atoms with Crippen molar-refractivity contribution in [2.45, 2.75) is 5.16 Å². The number of nitrogens with zero attached hydrogens (tertiary/aromatic N) is 2. The van der Waals surface area contributed by atoms with Gasteiger partial charge in [0, 0.05) is 11.3 Å². The molecule has 7 heteroatoms. The molecule has 0 spiro atoms. The number of nitrogens with one attached hydrogen (secondary N) is 1. The summed E-state index contributed by atoms with van der Waals surface area (Å²) in [6.45, 7) is 3.33. The van der Waals surface area contributed by atoms with Gasteiger partial charge in [0.05, 0.1) is 0 Å². The maximum atomic E-state index is 10.8. The Bertz CT molecular complexity index is 415. The Morgan fingerprint density at radius 1 is 1.71 bits per heavy atom. The topological polar surface area (TPSA) is 95.9 Å². The molecule has 1 heterocycles. The summed E-state index contributed by atoms with van der Waals surface area (Å²) in [7, 11) is 0. The Labute approximate surface area is 83.1 Å². The van der Waals surface area contributed by atoms with Crippen molar-refractivity contribution in [3.05, 3.63) is 28.7 Å². The highest BCUT2D eigenvalue weighted by molar-refractivity contribution is 7.99. The number of carbonyl (C=O) groups is 1. The third kappa shape index (κ3) is 3.02. The van der Waals surface area contributed by atoms with Crippen LogP contribution in [-0.2, 0) is 4.79 Å². The second-order valence-electron chi connectivity index (χ2n) is 2.34. The van der Waals surface area contributed by atoms with E-state index < -0.39 is 5.97 Å². The van der Waals surface area contributed by atoms with E-state index in [-0.39, 0.29) is 22.0 Å². The monoisotopic (exact) mass is 213 g/mol. The third-order valence-electron chi connectivity index (χ3n) is 1.24. The number of hydrogen-bond donors (Lipinski definition) is 2. The zero-order chi connectivity index (χ0) is 10.6. The van der Waals surface area contributed by atoms with E-state index in [2.05, 4.69) is 21.8 Å². The summed E-state index contributed by atoms with van der Waals surface area (Å²) in [4.78, 5) is 23.5. The number of H-pyrrole nitrogens is 1. The molecule has 0 amide bonds. The summed E-state index contributed by atoms with van der Waals surface area (Å²) in [5.74, 6) is -0.909. The fraction of sp³-hybridized carbons (Fsp3) is 0.143. The zero-order valence-corrected chi connectivity index (χ0v) is 7.87. The molecule has 1 aromatic rings. The smallest absolute Gasteiger partial charge is 0.331 e. The second kappa shape index (κ2) is 4.56. The largest absolute Gasteiger partial charge is 0.478 e. The van der Waals surface area contributed by atoms with E-state index >= 15 is 0 Å².